The maximum Gasteiger partial charge on any atom is 0.217 e. The fourth-order valence-corrected chi connectivity index (χ4v) is 1.32. The number of aromatic amines is 1. The maximum atomic E-state index is 10.3. The molecule has 0 radical (unpaired) electrons. The smallest absolute Gasteiger partial charge is 0.217 e. The summed E-state index contributed by atoms with van der Waals surface area (Å²) < 4.78 is 0. The molecule has 3 nitrogen and oxygen atoms in total. The van der Waals surface area contributed by atoms with E-state index in [4.69, 9.17) is 5.73 Å². The largest absolute Gasteiger partial charge is 0.370 e. The summed E-state index contributed by atoms with van der Waals surface area (Å²) in [5, 5.41) is 0. The molecule has 0 bridgehead atoms. The molecule has 0 saturated heterocycles. The highest BCUT2D eigenvalue weighted by Crippen LogP contribution is 1.97. The van der Waals surface area contributed by atoms with Gasteiger partial charge in [0.05, 0.1) is 0 Å². The van der Waals surface area contributed by atoms with Gasteiger partial charge >= 0.3 is 0 Å². The fraction of sp³-hybridized carbons (Fsp3) is 0.214. The van der Waals surface area contributed by atoms with E-state index in [1.165, 1.54) is 5.56 Å². The Balaban J connectivity index is 0.000000181. The maximum absolute atomic E-state index is 10.3. The van der Waals surface area contributed by atoms with Crippen molar-refractivity contribution in [2.75, 3.05) is 0 Å². The summed E-state index contributed by atoms with van der Waals surface area (Å²) in [6.45, 7) is 2.08. The molecule has 0 atom stereocenters. The van der Waals surface area contributed by atoms with E-state index in [-0.39, 0.29) is 5.91 Å². The number of aryl methyl sites for hydroxylation is 2. The number of H-pyrrole nitrogens is 1. The van der Waals surface area contributed by atoms with Crippen LogP contribution in [-0.2, 0) is 11.2 Å². The Morgan fingerprint density at radius 2 is 1.88 bits per heavy atom. The van der Waals surface area contributed by atoms with E-state index in [1.54, 1.807) is 0 Å². The van der Waals surface area contributed by atoms with Gasteiger partial charge in [0.15, 0.2) is 0 Å². The van der Waals surface area contributed by atoms with Gasteiger partial charge in [0.2, 0.25) is 5.91 Å². The van der Waals surface area contributed by atoms with Gasteiger partial charge in [-0.2, -0.15) is 0 Å². The van der Waals surface area contributed by atoms with Crippen LogP contribution in [-0.4, -0.2) is 10.9 Å². The molecule has 0 aliphatic heterocycles. The van der Waals surface area contributed by atoms with Crippen LogP contribution in [0.15, 0.2) is 48.7 Å². The van der Waals surface area contributed by atoms with E-state index in [2.05, 4.69) is 24.0 Å². The van der Waals surface area contributed by atoms with Crippen LogP contribution in [0.25, 0.3) is 0 Å². The summed E-state index contributed by atoms with van der Waals surface area (Å²) in [5.74, 6) is -0.255. The lowest BCUT2D eigenvalue weighted by Gasteiger charge is -1.91. The fourth-order valence-electron chi connectivity index (χ4n) is 1.32. The molecular weight excluding hydrogens is 212 g/mol. The summed E-state index contributed by atoms with van der Waals surface area (Å²) in [5.41, 5.74) is 7.33. The first kappa shape index (κ1) is 13.0. The lowest BCUT2D eigenvalue weighted by molar-refractivity contribution is -0.118. The van der Waals surface area contributed by atoms with E-state index in [1.807, 2.05) is 36.5 Å². The predicted octanol–water partition coefficient (Wildman–Crippen LogP) is 2.43. The van der Waals surface area contributed by atoms with Gasteiger partial charge in [0.25, 0.3) is 0 Å². The molecular formula is C14H18N2O. The van der Waals surface area contributed by atoms with Crippen molar-refractivity contribution in [2.24, 2.45) is 5.73 Å². The van der Waals surface area contributed by atoms with E-state index in [0.29, 0.717) is 12.8 Å². The van der Waals surface area contributed by atoms with Crippen LogP contribution in [0.2, 0.25) is 0 Å². The number of amides is 1. The number of aromatic nitrogens is 1. The minimum atomic E-state index is -0.255. The molecule has 1 aromatic heterocycles. The number of nitrogens with one attached hydrogen (secondary N) is 1. The Morgan fingerprint density at radius 1 is 1.18 bits per heavy atom. The van der Waals surface area contributed by atoms with Crippen molar-refractivity contribution >= 4 is 5.91 Å². The molecule has 90 valence electrons. The zero-order valence-corrected chi connectivity index (χ0v) is 10.0. The van der Waals surface area contributed by atoms with Crippen LogP contribution in [0.4, 0.5) is 0 Å². The van der Waals surface area contributed by atoms with E-state index in [9.17, 15) is 4.79 Å². The lowest BCUT2D eigenvalue weighted by Crippen LogP contribution is -2.11. The molecule has 2 rings (SSSR count). The molecule has 3 N–H and O–H groups in total. The summed E-state index contributed by atoms with van der Waals surface area (Å²) in [6, 6.07) is 14.1. The average Bonchev–Trinajstić information content (AvgIpc) is 2.81. The van der Waals surface area contributed by atoms with Crippen molar-refractivity contribution in [1.29, 1.82) is 0 Å². The number of carbonyl (C=O) groups is 1. The van der Waals surface area contributed by atoms with E-state index < -0.39 is 0 Å². The molecule has 2 aromatic rings. The molecule has 0 spiro atoms. The Hall–Kier alpha value is -2.03. The zero-order valence-electron chi connectivity index (χ0n) is 10.0. The summed E-state index contributed by atoms with van der Waals surface area (Å²) >= 11 is 0. The minimum absolute atomic E-state index is 0.255. The van der Waals surface area contributed by atoms with Crippen molar-refractivity contribution in [3.63, 3.8) is 0 Å². The molecule has 1 heterocycles. The van der Waals surface area contributed by atoms with E-state index >= 15 is 0 Å². The third-order valence-electron chi connectivity index (χ3n) is 2.24. The van der Waals surface area contributed by atoms with Gasteiger partial charge in [-0.15, -0.1) is 0 Å². The normalized spacial score (nSPS) is 9.24. The van der Waals surface area contributed by atoms with Gasteiger partial charge in [-0.05, 0) is 25.5 Å². The summed E-state index contributed by atoms with van der Waals surface area (Å²) in [4.78, 5) is 13.3. The number of primary amides is 1. The third kappa shape index (κ3) is 6.20. The Labute approximate surface area is 102 Å². The highest BCUT2D eigenvalue weighted by molar-refractivity contribution is 5.73. The number of nitrogens with two attached hydrogens (primary N) is 1. The first-order valence-corrected chi connectivity index (χ1v) is 5.60. The predicted molar refractivity (Wildman–Crippen MR) is 69.5 cm³/mol. The van der Waals surface area contributed by atoms with Gasteiger partial charge in [0.1, 0.15) is 0 Å². The van der Waals surface area contributed by atoms with Gasteiger partial charge in [-0.3, -0.25) is 4.79 Å². The highest BCUT2D eigenvalue weighted by atomic mass is 16.1. The molecule has 3 heteroatoms. The van der Waals surface area contributed by atoms with Crippen molar-refractivity contribution in [1.82, 2.24) is 4.98 Å². The minimum Gasteiger partial charge on any atom is -0.370 e. The van der Waals surface area contributed by atoms with Gasteiger partial charge in [-0.25, -0.2) is 0 Å². The second kappa shape index (κ2) is 7.28. The van der Waals surface area contributed by atoms with Crippen molar-refractivity contribution in [2.45, 2.75) is 19.8 Å². The molecule has 0 saturated carbocycles. The van der Waals surface area contributed by atoms with Crippen molar-refractivity contribution in [3.05, 3.63) is 59.9 Å². The van der Waals surface area contributed by atoms with E-state index in [0.717, 1.165) is 5.69 Å². The topological polar surface area (TPSA) is 58.9 Å². The Morgan fingerprint density at radius 3 is 2.29 bits per heavy atom. The second-order valence-corrected chi connectivity index (χ2v) is 3.82. The van der Waals surface area contributed by atoms with Crippen molar-refractivity contribution < 1.29 is 4.79 Å². The summed E-state index contributed by atoms with van der Waals surface area (Å²) in [7, 11) is 0. The van der Waals surface area contributed by atoms with Gasteiger partial charge < -0.3 is 10.7 Å². The Kier molecular flexibility index (Phi) is 5.58. The molecule has 1 amide bonds. The average molecular weight is 230 g/mol. The zero-order chi connectivity index (χ0) is 12.5. The lowest BCUT2D eigenvalue weighted by atomic mass is 10.2. The molecule has 1 aromatic carbocycles. The van der Waals surface area contributed by atoms with Crippen LogP contribution in [0.3, 0.4) is 0 Å². The highest BCUT2D eigenvalue weighted by Gasteiger charge is 1.95. The third-order valence-corrected chi connectivity index (χ3v) is 2.24. The Bertz CT molecular complexity index is 421. The van der Waals surface area contributed by atoms with Crippen LogP contribution in [0, 0.1) is 6.92 Å². The number of benzene rings is 1. The molecule has 0 aliphatic rings. The van der Waals surface area contributed by atoms with Crippen LogP contribution in [0.1, 0.15) is 17.7 Å². The standard InChI is InChI=1S/C7H10N2O.C7H8/c8-7(10)4-3-6-2-1-5-9-6;1-7-5-3-2-4-6-7/h1-2,5,9H,3-4H2,(H2,8,10);2-6H,1H3. The van der Waals surface area contributed by atoms with Gasteiger partial charge in [-0.1, -0.05) is 35.9 Å². The van der Waals surface area contributed by atoms with Gasteiger partial charge in [0, 0.05) is 18.3 Å². The number of rotatable bonds is 3. The summed E-state index contributed by atoms with van der Waals surface area (Å²) in [6.07, 6.45) is 2.96. The molecule has 17 heavy (non-hydrogen) atoms. The van der Waals surface area contributed by atoms with Crippen LogP contribution < -0.4 is 5.73 Å². The molecule has 0 unspecified atom stereocenters. The molecule has 0 fully saturated rings. The first-order chi connectivity index (χ1) is 8.18. The van der Waals surface area contributed by atoms with Crippen molar-refractivity contribution in [3.8, 4) is 0 Å². The first-order valence-electron chi connectivity index (χ1n) is 5.60. The van der Waals surface area contributed by atoms with Crippen LogP contribution in [0.5, 0.6) is 0 Å². The number of carbonyl (C=O) groups excluding carboxylic acids is 1. The monoisotopic (exact) mass is 230 g/mol. The number of hydrogen-bond acceptors (Lipinski definition) is 1. The van der Waals surface area contributed by atoms with Crippen LogP contribution >= 0.6 is 0 Å². The second-order valence-electron chi connectivity index (χ2n) is 3.82. The molecule has 0 aliphatic carbocycles. The quantitative estimate of drug-likeness (QED) is 0.835. The number of hydrogen-bond donors (Lipinski definition) is 2. The SMILES string of the molecule is Cc1ccccc1.NC(=O)CCc1ccc[nH]1.